The van der Waals surface area contributed by atoms with Crippen molar-refractivity contribution in [2.45, 2.75) is 33.4 Å². The van der Waals surface area contributed by atoms with Crippen LogP contribution >= 0.6 is 0 Å². The Morgan fingerprint density at radius 3 is 1.85 bits per heavy atom. The van der Waals surface area contributed by atoms with E-state index in [2.05, 4.69) is 13.2 Å². The number of halogens is 1. The van der Waals surface area contributed by atoms with Crippen LogP contribution in [0.25, 0.3) is 11.1 Å². The van der Waals surface area contributed by atoms with Gasteiger partial charge in [-0.3, -0.25) is 0 Å². The summed E-state index contributed by atoms with van der Waals surface area (Å²) in [6.07, 6.45) is 0.858. The Labute approximate surface area is 266 Å². The van der Waals surface area contributed by atoms with Crippen LogP contribution in [0.15, 0.2) is 85.0 Å². The summed E-state index contributed by atoms with van der Waals surface area (Å²) < 4.78 is 40.9. The maximum atomic E-state index is 14.1. The van der Waals surface area contributed by atoms with E-state index in [1.165, 1.54) is 48.5 Å². The fourth-order valence-electron chi connectivity index (χ4n) is 3.91. The zero-order chi connectivity index (χ0) is 33.6. The molecule has 0 aliphatic carbocycles. The van der Waals surface area contributed by atoms with Crippen molar-refractivity contribution < 1.29 is 52.4 Å². The van der Waals surface area contributed by atoms with E-state index in [1.54, 1.807) is 26.0 Å². The summed E-state index contributed by atoms with van der Waals surface area (Å²) in [6.45, 7) is 9.93. The molecule has 0 unspecified atom stereocenters. The molecule has 0 spiro atoms. The lowest BCUT2D eigenvalue weighted by molar-refractivity contribution is -0.140. The van der Waals surface area contributed by atoms with Gasteiger partial charge >= 0.3 is 23.9 Å². The predicted molar refractivity (Wildman–Crippen MR) is 167 cm³/mol. The molecule has 0 radical (unpaired) electrons. The summed E-state index contributed by atoms with van der Waals surface area (Å²) in [5.41, 5.74) is 1.46. The van der Waals surface area contributed by atoms with E-state index in [0.29, 0.717) is 35.5 Å². The zero-order valence-electron chi connectivity index (χ0n) is 25.6. The molecule has 46 heavy (non-hydrogen) atoms. The molecule has 10 nitrogen and oxygen atoms in total. The van der Waals surface area contributed by atoms with Gasteiger partial charge in [-0.05, 0) is 79.6 Å². The quantitative estimate of drug-likeness (QED) is 0.0757. The van der Waals surface area contributed by atoms with Gasteiger partial charge in [0.2, 0.25) is 0 Å². The highest BCUT2D eigenvalue weighted by atomic mass is 19.1. The second-order valence-corrected chi connectivity index (χ2v) is 10.1. The standard InChI is InChI=1S/C35H35FO10/c1-22(2)33(39)44-17-5-15-42-27-10-7-24(8-11-27)35(41)46-31-14-9-25(19-26(31)21-36)30-20-28(12-13-29(30)32(37)38)43-16-6-18-45-34(40)23(3)4/h7-14,19-20H,1,3,5-6,15-18,21H2,2,4H3,(H,37,38). The van der Waals surface area contributed by atoms with Crippen molar-refractivity contribution in [2.75, 3.05) is 26.4 Å². The highest BCUT2D eigenvalue weighted by Crippen LogP contribution is 2.33. The maximum absolute atomic E-state index is 14.1. The van der Waals surface area contributed by atoms with E-state index in [1.807, 2.05) is 0 Å². The molecule has 0 fully saturated rings. The number of benzene rings is 3. The molecule has 0 saturated carbocycles. The maximum Gasteiger partial charge on any atom is 0.343 e. The number of carbonyl (C=O) groups is 4. The number of rotatable bonds is 17. The first-order valence-corrected chi connectivity index (χ1v) is 14.3. The smallest absolute Gasteiger partial charge is 0.343 e. The minimum Gasteiger partial charge on any atom is -0.493 e. The van der Waals surface area contributed by atoms with Gasteiger partial charge in [-0.1, -0.05) is 19.2 Å². The normalized spacial score (nSPS) is 10.4. The van der Waals surface area contributed by atoms with E-state index < -0.39 is 30.6 Å². The van der Waals surface area contributed by atoms with Crippen molar-refractivity contribution in [3.05, 3.63) is 102 Å². The molecule has 3 aromatic rings. The summed E-state index contributed by atoms with van der Waals surface area (Å²) in [5, 5.41) is 9.75. The molecule has 0 saturated heterocycles. The molecule has 1 N–H and O–H groups in total. The van der Waals surface area contributed by atoms with Crippen LogP contribution < -0.4 is 14.2 Å². The lowest BCUT2D eigenvalue weighted by Gasteiger charge is -2.14. The summed E-state index contributed by atoms with van der Waals surface area (Å²) in [4.78, 5) is 47.6. The van der Waals surface area contributed by atoms with Gasteiger partial charge in [-0.15, -0.1) is 0 Å². The van der Waals surface area contributed by atoms with Gasteiger partial charge in [-0.2, -0.15) is 0 Å². The molecular formula is C35H35FO10. The molecular weight excluding hydrogens is 599 g/mol. The number of carboxylic acid groups (broad SMARTS) is 1. The molecule has 11 heteroatoms. The molecule has 0 aliphatic rings. The third-order valence-corrected chi connectivity index (χ3v) is 6.31. The second kappa shape index (κ2) is 17.1. The third-order valence-electron chi connectivity index (χ3n) is 6.31. The van der Waals surface area contributed by atoms with Crippen molar-refractivity contribution in [1.82, 2.24) is 0 Å². The van der Waals surface area contributed by atoms with Crippen molar-refractivity contribution in [3.63, 3.8) is 0 Å². The number of hydrogen-bond donors (Lipinski definition) is 1. The second-order valence-electron chi connectivity index (χ2n) is 10.1. The molecule has 0 amide bonds. The minimum atomic E-state index is -1.19. The van der Waals surface area contributed by atoms with Crippen LogP contribution in [0, 0.1) is 0 Å². The third kappa shape index (κ3) is 10.3. The van der Waals surface area contributed by atoms with Crippen molar-refractivity contribution in [3.8, 4) is 28.4 Å². The summed E-state index contributed by atoms with van der Waals surface area (Å²) in [6, 6.07) is 14.9. The lowest BCUT2D eigenvalue weighted by Crippen LogP contribution is -2.10. The molecule has 0 bridgehead atoms. The molecule has 0 heterocycles. The van der Waals surface area contributed by atoms with Gasteiger partial charge in [0.1, 0.15) is 23.9 Å². The largest absolute Gasteiger partial charge is 0.493 e. The SMILES string of the molecule is C=C(C)C(=O)OCCCOc1ccc(C(=O)Oc2ccc(-c3cc(OCCCOC(=O)C(=C)C)ccc3C(=O)O)cc2CF)cc1. The average Bonchev–Trinajstić information content (AvgIpc) is 3.04. The fourth-order valence-corrected chi connectivity index (χ4v) is 3.91. The molecule has 3 rings (SSSR count). The van der Waals surface area contributed by atoms with E-state index in [9.17, 15) is 28.7 Å². The fraction of sp³-hybridized carbons (Fsp3) is 0.257. The molecule has 0 aliphatic heterocycles. The van der Waals surface area contributed by atoms with E-state index >= 15 is 0 Å². The van der Waals surface area contributed by atoms with Gasteiger partial charge in [0.15, 0.2) is 0 Å². The van der Waals surface area contributed by atoms with Crippen LogP contribution in [-0.2, 0) is 25.7 Å². The van der Waals surface area contributed by atoms with E-state index in [-0.39, 0.29) is 60.0 Å². The Balaban J connectivity index is 1.64. The van der Waals surface area contributed by atoms with Crippen molar-refractivity contribution in [2.24, 2.45) is 0 Å². The Morgan fingerprint density at radius 2 is 1.30 bits per heavy atom. The van der Waals surface area contributed by atoms with Crippen LogP contribution in [0.1, 0.15) is 53.0 Å². The molecule has 0 atom stereocenters. The molecule has 0 aromatic heterocycles. The van der Waals surface area contributed by atoms with Crippen LogP contribution in [0.3, 0.4) is 0 Å². The van der Waals surface area contributed by atoms with Crippen LogP contribution in [0.2, 0.25) is 0 Å². The van der Waals surface area contributed by atoms with Gasteiger partial charge in [-0.25, -0.2) is 23.6 Å². The number of carboxylic acids is 1. The van der Waals surface area contributed by atoms with E-state index in [0.717, 1.165) is 0 Å². The zero-order valence-corrected chi connectivity index (χ0v) is 25.6. The van der Waals surface area contributed by atoms with E-state index in [4.69, 9.17) is 23.7 Å². The number of carbonyl (C=O) groups excluding carboxylic acids is 3. The summed E-state index contributed by atoms with van der Waals surface area (Å²) in [7, 11) is 0. The van der Waals surface area contributed by atoms with Crippen molar-refractivity contribution >= 4 is 23.9 Å². The minimum absolute atomic E-state index is 0.0190. The predicted octanol–water partition coefficient (Wildman–Crippen LogP) is 6.52. The number of hydrogen-bond acceptors (Lipinski definition) is 9. The number of esters is 3. The Morgan fingerprint density at radius 1 is 0.739 bits per heavy atom. The highest BCUT2D eigenvalue weighted by Gasteiger charge is 2.17. The van der Waals surface area contributed by atoms with Gasteiger partial charge in [0.25, 0.3) is 0 Å². The van der Waals surface area contributed by atoms with Gasteiger partial charge in [0.05, 0.1) is 37.6 Å². The lowest BCUT2D eigenvalue weighted by atomic mass is 9.97. The first-order valence-electron chi connectivity index (χ1n) is 14.3. The molecule has 3 aromatic carbocycles. The summed E-state index contributed by atoms with van der Waals surface area (Å²) >= 11 is 0. The van der Waals surface area contributed by atoms with Gasteiger partial charge in [0, 0.05) is 29.6 Å². The number of alkyl halides is 1. The van der Waals surface area contributed by atoms with Crippen LogP contribution in [0.4, 0.5) is 4.39 Å². The Bertz CT molecular complexity index is 1590. The average molecular weight is 635 g/mol. The first kappa shape index (κ1) is 35.0. The van der Waals surface area contributed by atoms with Gasteiger partial charge < -0.3 is 28.8 Å². The molecule has 242 valence electrons. The highest BCUT2D eigenvalue weighted by molar-refractivity contribution is 5.97. The Hall–Kier alpha value is -5.45. The Kier molecular flexibility index (Phi) is 13.1. The number of aromatic carboxylic acids is 1. The first-order chi connectivity index (χ1) is 22.0. The summed E-state index contributed by atoms with van der Waals surface area (Å²) in [5.74, 6) is -2.05. The monoisotopic (exact) mass is 634 g/mol. The number of ether oxygens (including phenoxy) is 5. The van der Waals surface area contributed by atoms with Crippen LogP contribution in [0.5, 0.6) is 17.2 Å². The topological polar surface area (TPSA) is 135 Å². The van der Waals surface area contributed by atoms with Crippen molar-refractivity contribution in [1.29, 1.82) is 0 Å². The van der Waals surface area contributed by atoms with Crippen LogP contribution in [-0.4, -0.2) is 55.4 Å².